The van der Waals surface area contributed by atoms with E-state index in [1.807, 2.05) is 0 Å². The Kier molecular flexibility index (Phi) is 4.06. The van der Waals surface area contributed by atoms with E-state index in [1.54, 1.807) is 12.1 Å². The Morgan fingerprint density at radius 3 is 3.00 bits per heavy atom. The van der Waals surface area contributed by atoms with Crippen molar-refractivity contribution in [3.8, 4) is 0 Å². The molecule has 0 aliphatic rings. The molecule has 0 amide bonds. The van der Waals surface area contributed by atoms with E-state index in [1.165, 1.54) is 12.5 Å². The number of hydrogen-bond acceptors (Lipinski definition) is 4. The van der Waals surface area contributed by atoms with Crippen LogP contribution in [0, 0.1) is 5.82 Å². The van der Waals surface area contributed by atoms with Crippen LogP contribution in [-0.2, 0) is 13.0 Å². The van der Waals surface area contributed by atoms with Crippen LogP contribution in [0.3, 0.4) is 0 Å². The summed E-state index contributed by atoms with van der Waals surface area (Å²) < 4.78 is 18.0. The molecule has 4 nitrogen and oxygen atoms in total. The van der Waals surface area contributed by atoms with Gasteiger partial charge >= 0.3 is 0 Å². The molecular formula is C11H11ClFN3O. The van der Waals surface area contributed by atoms with Crippen molar-refractivity contribution in [3.63, 3.8) is 0 Å². The summed E-state index contributed by atoms with van der Waals surface area (Å²) in [5.74, 6) is 0.321. The first-order valence-electron chi connectivity index (χ1n) is 5.16. The van der Waals surface area contributed by atoms with Gasteiger partial charge in [0.2, 0.25) is 6.39 Å². The van der Waals surface area contributed by atoms with E-state index in [0.717, 1.165) is 0 Å². The van der Waals surface area contributed by atoms with Gasteiger partial charge in [0.25, 0.3) is 0 Å². The Hall–Kier alpha value is -1.46. The third-order valence-corrected chi connectivity index (χ3v) is 2.65. The molecule has 0 saturated carbocycles. The Morgan fingerprint density at radius 2 is 2.29 bits per heavy atom. The molecule has 0 fully saturated rings. The predicted octanol–water partition coefficient (Wildman–Crippen LogP) is 2.19. The normalized spacial score (nSPS) is 10.7. The van der Waals surface area contributed by atoms with Gasteiger partial charge in [-0.25, -0.2) is 4.39 Å². The van der Waals surface area contributed by atoms with Crippen molar-refractivity contribution >= 4 is 11.6 Å². The first kappa shape index (κ1) is 12.0. The topological polar surface area (TPSA) is 51.0 Å². The van der Waals surface area contributed by atoms with Gasteiger partial charge in [-0.05, 0) is 12.1 Å². The van der Waals surface area contributed by atoms with Gasteiger partial charge < -0.3 is 9.84 Å². The first-order valence-corrected chi connectivity index (χ1v) is 5.54. The second kappa shape index (κ2) is 5.75. The molecule has 0 unspecified atom stereocenters. The van der Waals surface area contributed by atoms with Crippen molar-refractivity contribution in [2.75, 3.05) is 6.54 Å². The third-order valence-electron chi connectivity index (χ3n) is 2.30. The van der Waals surface area contributed by atoms with Gasteiger partial charge in [-0.1, -0.05) is 22.8 Å². The highest BCUT2D eigenvalue weighted by molar-refractivity contribution is 6.31. The van der Waals surface area contributed by atoms with Crippen LogP contribution in [0.2, 0.25) is 5.02 Å². The molecule has 1 heterocycles. The molecule has 6 heteroatoms. The van der Waals surface area contributed by atoms with Crippen molar-refractivity contribution in [2.24, 2.45) is 0 Å². The average Bonchev–Trinajstić information content (AvgIpc) is 2.80. The molecule has 0 radical (unpaired) electrons. The summed E-state index contributed by atoms with van der Waals surface area (Å²) in [6, 6.07) is 4.64. The summed E-state index contributed by atoms with van der Waals surface area (Å²) >= 11 is 5.89. The number of halogens is 2. The minimum absolute atomic E-state index is 0.301. The molecule has 0 saturated heterocycles. The highest BCUT2D eigenvalue weighted by Crippen LogP contribution is 2.18. The molecule has 17 heavy (non-hydrogen) atoms. The van der Waals surface area contributed by atoms with E-state index in [0.29, 0.717) is 35.9 Å². The maximum Gasteiger partial charge on any atom is 0.213 e. The molecule has 2 aromatic rings. The molecular weight excluding hydrogens is 245 g/mol. The predicted molar refractivity (Wildman–Crippen MR) is 61.1 cm³/mol. The molecule has 0 aliphatic carbocycles. The largest absolute Gasteiger partial charge is 0.343 e. The maximum absolute atomic E-state index is 13.4. The van der Waals surface area contributed by atoms with E-state index in [-0.39, 0.29) is 5.82 Å². The lowest BCUT2D eigenvalue weighted by atomic mass is 10.2. The number of nitrogens with one attached hydrogen (secondary N) is 1. The molecule has 2 rings (SSSR count). The lowest BCUT2D eigenvalue weighted by Gasteiger charge is -2.06. The summed E-state index contributed by atoms with van der Waals surface area (Å²) in [7, 11) is 0. The quantitative estimate of drug-likeness (QED) is 0.832. The van der Waals surface area contributed by atoms with Crippen LogP contribution < -0.4 is 5.32 Å². The summed E-state index contributed by atoms with van der Waals surface area (Å²) in [4.78, 5) is 3.88. The number of hydrogen-bond donors (Lipinski definition) is 1. The van der Waals surface area contributed by atoms with Gasteiger partial charge in [-0.2, -0.15) is 4.98 Å². The Morgan fingerprint density at radius 1 is 1.41 bits per heavy atom. The Labute approximate surface area is 103 Å². The zero-order chi connectivity index (χ0) is 12.1. The monoisotopic (exact) mass is 255 g/mol. The van der Waals surface area contributed by atoms with Crippen LogP contribution in [0.15, 0.2) is 29.1 Å². The smallest absolute Gasteiger partial charge is 0.213 e. The van der Waals surface area contributed by atoms with Crippen LogP contribution in [-0.4, -0.2) is 16.7 Å². The average molecular weight is 256 g/mol. The zero-order valence-corrected chi connectivity index (χ0v) is 9.75. The highest BCUT2D eigenvalue weighted by Gasteiger charge is 2.06. The first-order chi connectivity index (χ1) is 8.27. The Balaban J connectivity index is 1.82. The van der Waals surface area contributed by atoms with Gasteiger partial charge in [0, 0.05) is 30.1 Å². The maximum atomic E-state index is 13.4. The summed E-state index contributed by atoms with van der Waals surface area (Å²) in [5.41, 5.74) is 0.474. The number of rotatable bonds is 5. The van der Waals surface area contributed by atoms with Crippen LogP contribution >= 0.6 is 11.6 Å². The van der Waals surface area contributed by atoms with Gasteiger partial charge in [0.15, 0.2) is 5.82 Å². The summed E-state index contributed by atoms with van der Waals surface area (Å²) in [6.07, 6.45) is 1.91. The third kappa shape index (κ3) is 3.25. The van der Waals surface area contributed by atoms with Crippen molar-refractivity contribution in [1.82, 2.24) is 15.5 Å². The van der Waals surface area contributed by atoms with Gasteiger partial charge in [0.1, 0.15) is 5.82 Å². The van der Waals surface area contributed by atoms with E-state index < -0.39 is 0 Å². The molecule has 90 valence electrons. The van der Waals surface area contributed by atoms with Crippen LogP contribution in [0.25, 0.3) is 0 Å². The molecule has 0 spiro atoms. The van der Waals surface area contributed by atoms with Crippen LogP contribution in [0.1, 0.15) is 11.4 Å². The van der Waals surface area contributed by atoms with Crippen molar-refractivity contribution in [2.45, 2.75) is 13.0 Å². The SMILES string of the molecule is Fc1cccc(Cl)c1CNCCc1ncon1. The van der Waals surface area contributed by atoms with E-state index in [4.69, 9.17) is 11.6 Å². The molecule has 1 aromatic carbocycles. The molecule has 1 aromatic heterocycles. The fourth-order valence-electron chi connectivity index (χ4n) is 1.42. The minimum atomic E-state index is -0.301. The van der Waals surface area contributed by atoms with E-state index in [9.17, 15) is 4.39 Å². The fourth-order valence-corrected chi connectivity index (χ4v) is 1.65. The van der Waals surface area contributed by atoms with Crippen molar-refractivity contribution in [1.29, 1.82) is 0 Å². The van der Waals surface area contributed by atoms with Gasteiger partial charge in [0.05, 0.1) is 0 Å². The standard InChI is InChI=1S/C11H11ClFN3O/c12-9-2-1-3-10(13)8(9)6-14-5-4-11-15-7-17-16-11/h1-3,7,14H,4-6H2. The van der Waals surface area contributed by atoms with E-state index in [2.05, 4.69) is 20.0 Å². The number of nitrogens with zero attached hydrogens (tertiary/aromatic N) is 2. The highest BCUT2D eigenvalue weighted by atomic mass is 35.5. The lowest BCUT2D eigenvalue weighted by Crippen LogP contribution is -2.18. The Bertz CT molecular complexity index is 455. The van der Waals surface area contributed by atoms with E-state index >= 15 is 0 Å². The van der Waals surface area contributed by atoms with Crippen LogP contribution in [0.5, 0.6) is 0 Å². The fraction of sp³-hybridized carbons (Fsp3) is 0.273. The second-order valence-electron chi connectivity index (χ2n) is 3.47. The molecule has 0 aliphatic heterocycles. The van der Waals surface area contributed by atoms with Crippen molar-refractivity contribution < 1.29 is 8.91 Å². The molecule has 0 atom stereocenters. The lowest BCUT2D eigenvalue weighted by molar-refractivity contribution is 0.409. The summed E-state index contributed by atoms with van der Waals surface area (Å²) in [6.45, 7) is 1.01. The molecule has 0 bridgehead atoms. The van der Waals surface area contributed by atoms with Crippen LogP contribution in [0.4, 0.5) is 4.39 Å². The van der Waals surface area contributed by atoms with Gasteiger partial charge in [-0.3, -0.25) is 0 Å². The molecule has 1 N–H and O–H groups in total. The number of benzene rings is 1. The zero-order valence-electron chi connectivity index (χ0n) is 8.99. The summed E-state index contributed by atoms with van der Waals surface area (Å²) in [5, 5.41) is 7.17. The van der Waals surface area contributed by atoms with Crippen molar-refractivity contribution in [3.05, 3.63) is 46.8 Å². The van der Waals surface area contributed by atoms with Gasteiger partial charge in [-0.15, -0.1) is 0 Å². The second-order valence-corrected chi connectivity index (χ2v) is 3.88. The number of aromatic nitrogens is 2. The minimum Gasteiger partial charge on any atom is -0.343 e.